The van der Waals surface area contributed by atoms with E-state index in [9.17, 15) is 9.90 Å². The fourth-order valence-electron chi connectivity index (χ4n) is 2.93. The highest BCUT2D eigenvalue weighted by Gasteiger charge is 2.11. The van der Waals surface area contributed by atoms with Crippen molar-refractivity contribution in [3.63, 3.8) is 0 Å². The van der Waals surface area contributed by atoms with Crippen LogP contribution >= 0.6 is 11.6 Å². The molecule has 0 aliphatic heterocycles. The van der Waals surface area contributed by atoms with E-state index >= 15 is 0 Å². The molecular weight excluding hydrogens is 362 g/mol. The van der Waals surface area contributed by atoms with Crippen LogP contribution in [0.2, 0.25) is 5.02 Å². The second-order valence-electron chi connectivity index (χ2n) is 6.28. The van der Waals surface area contributed by atoms with Crippen molar-refractivity contribution in [1.82, 2.24) is 4.57 Å². The van der Waals surface area contributed by atoms with Gasteiger partial charge in [0, 0.05) is 17.2 Å². The molecule has 0 aliphatic rings. The van der Waals surface area contributed by atoms with E-state index in [2.05, 4.69) is 0 Å². The van der Waals surface area contributed by atoms with Crippen LogP contribution in [0.5, 0.6) is 17.2 Å². The number of aryl methyl sites for hydroxylation is 1. The van der Waals surface area contributed by atoms with Gasteiger partial charge in [0.15, 0.2) is 11.5 Å². The SMILES string of the molecule is Cc1ccc(Oc2cc(-n3c(=O)ccc4ccc(Cl)cc43)ccc2O)cc1. The summed E-state index contributed by atoms with van der Waals surface area (Å²) in [4.78, 5) is 12.6. The van der Waals surface area contributed by atoms with Crippen LogP contribution in [0, 0.1) is 6.92 Å². The Kier molecular flexibility index (Phi) is 4.34. The van der Waals surface area contributed by atoms with Crippen LogP contribution in [0.25, 0.3) is 16.6 Å². The molecule has 0 spiro atoms. The first-order valence-corrected chi connectivity index (χ1v) is 8.78. The van der Waals surface area contributed by atoms with Crippen molar-refractivity contribution in [3.05, 3.63) is 93.7 Å². The summed E-state index contributed by atoms with van der Waals surface area (Å²) >= 11 is 6.13. The van der Waals surface area contributed by atoms with Crippen LogP contribution in [0.3, 0.4) is 0 Å². The van der Waals surface area contributed by atoms with Gasteiger partial charge >= 0.3 is 0 Å². The first-order chi connectivity index (χ1) is 13.0. The lowest BCUT2D eigenvalue weighted by Gasteiger charge is -2.13. The molecule has 0 bridgehead atoms. The number of pyridine rings is 1. The number of benzene rings is 3. The first-order valence-electron chi connectivity index (χ1n) is 8.40. The average molecular weight is 378 g/mol. The Morgan fingerprint density at radius 1 is 0.926 bits per heavy atom. The molecule has 27 heavy (non-hydrogen) atoms. The van der Waals surface area contributed by atoms with E-state index in [4.69, 9.17) is 16.3 Å². The van der Waals surface area contributed by atoms with Gasteiger partial charge in [-0.25, -0.2) is 0 Å². The third-order valence-electron chi connectivity index (χ3n) is 4.31. The molecule has 5 heteroatoms. The summed E-state index contributed by atoms with van der Waals surface area (Å²) in [5, 5.41) is 11.6. The van der Waals surface area contributed by atoms with Crippen LogP contribution in [-0.4, -0.2) is 9.67 Å². The van der Waals surface area contributed by atoms with Gasteiger partial charge in [-0.15, -0.1) is 0 Å². The summed E-state index contributed by atoms with van der Waals surface area (Å²) in [5.74, 6) is 0.856. The fourth-order valence-corrected chi connectivity index (χ4v) is 3.10. The van der Waals surface area contributed by atoms with Crippen LogP contribution in [0.4, 0.5) is 0 Å². The van der Waals surface area contributed by atoms with Crippen molar-refractivity contribution >= 4 is 22.5 Å². The van der Waals surface area contributed by atoms with Gasteiger partial charge in [-0.2, -0.15) is 0 Å². The van der Waals surface area contributed by atoms with E-state index in [1.54, 1.807) is 34.9 Å². The van der Waals surface area contributed by atoms with Crippen LogP contribution in [0.1, 0.15) is 5.56 Å². The maximum atomic E-state index is 12.6. The summed E-state index contributed by atoms with van der Waals surface area (Å²) in [6.45, 7) is 1.99. The number of ether oxygens (including phenoxy) is 1. The largest absolute Gasteiger partial charge is 0.504 e. The van der Waals surface area contributed by atoms with Crippen LogP contribution in [0.15, 0.2) is 77.6 Å². The topological polar surface area (TPSA) is 51.5 Å². The van der Waals surface area contributed by atoms with Crippen molar-refractivity contribution in [2.24, 2.45) is 0 Å². The van der Waals surface area contributed by atoms with Gasteiger partial charge in [0.2, 0.25) is 0 Å². The standard InChI is InChI=1S/C22H16ClNO3/c1-14-2-8-18(9-3-14)27-21-13-17(7-10-20(21)25)24-19-12-16(23)6-4-15(19)5-11-22(24)26/h2-13,25H,1H3. The number of rotatable bonds is 3. The summed E-state index contributed by atoms with van der Waals surface area (Å²) in [7, 11) is 0. The van der Waals surface area contributed by atoms with Crippen molar-refractivity contribution in [2.75, 3.05) is 0 Å². The molecular formula is C22H16ClNO3. The molecule has 0 aliphatic carbocycles. The number of aromatic hydroxyl groups is 1. The minimum Gasteiger partial charge on any atom is -0.504 e. The molecule has 0 radical (unpaired) electrons. The molecule has 1 N–H and O–H groups in total. The second kappa shape index (κ2) is 6.82. The maximum Gasteiger partial charge on any atom is 0.255 e. The molecule has 0 saturated carbocycles. The molecule has 4 nitrogen and oxygen atoms in total. The quantitative estimate of drug-likeness (QED) is 0.516. The highest BCUT2D eigenvalue weighted by atomic mass is 35.5. The monoisotopic (exact) mass is 377 g/mol. The molecule has 0 unspecified atom stereocenters. The predicted molar refractivity (Wildman–Crippen MR) is 107 cm³/mol. The van der Waals surface area contributed by atoms with E-state index in [1.807, 2.05) is 37.3 Å². The lowest BCUT2D eigenvalue weighted by Crippen LogP contribution is -2.17. The van der Waals surface area contributed by atoms with Gasteiger partial charge in [-0.05, 0) is 54.8 Å². The Morgan fingerprint density at radius 3 is 2.44 bits per heavy atom. The Morgan fingerprint density at radius 2 is 1.67 bits per heavy atom. The average Bonchev–Trinajstić information content (AvgIpc) is 2.65. The predicted octanol–water partition coefficient (Wildman–Crippen LogP) is 5.45. The molecule has 3 aromatic carbocycles. The number of hydrogen-bond acceptors (Lipinski definition) is 3. The van der Waals surface area contributed by atoms with Gasteiger partial charge < -0.3 is 9.84 Å². The van der Waals surface area contributed by atoms with Crippen molar-refractivity contribution < 1.29 is 9.84 Å². The minimum atomic E-state index is -0.197. The molecule has 134 valence electrons. The summed E-state index contributed by atoms with van der Waals surface area (Å²) < 4.78 is 7.35. The molecule has 4 aromatic rings. The maximum absolute atomic E-state index is 12.6. The number of phenols is 1. The Hall–Kier alpha value is -3.24. The summed E-state index contributed by atoms with van der Waals surface area (Å²) in [6, 6.07) is 20.9. The van der Waals surface area contributed by atoms with Gasteiger partial charge in [-0.1, -0.05) is 35.4 Å². The molecule has 4 rings (SSSR count). The number of hydrogen-bond donors (Lipinski definition) is 1. The Labute approximate surface area is 160 Å². The minimum absolute atomic E-state index is 0.00866. The number of aromatic nitrogens is 1. The van der Waals surface area contributed by atoms with Crippen molar-refractivity contribution in [3.8, 4) is 22.9 Å². The van der Waals surface area contributed by atoms with E-state index < -0.39 is 0 Å². The number of phenolic OH excluding ortho intramolecular Hbond substituents is 1. The molecule has 1 aromatic heterocycles. The van der Waals surface area contributed by atoms with Gasteiger partial charge in [0.1, 0.15) is 5.75 Å². The molecule has 0 atom stereocenters. The van der Waals surface area contributed by atoms with Crippen LogP contribution < -0.4 is 10.3 Å². The molecule has 0 amide bonds. The molecule has 0 fully saturated rings. The first kappa shape index (κ1) is 17.2. The molecule has 0 saturated heterocycles. The fraction of sp³-hybridized carbons (Fsp3) is 0.0455. The number of nitrogens with zero attached hydrogens (tertiary/aromatic N) is 1. The van der Waals surface area contributed by atoms with Gasteiger partial charge in [0.25, 0.3) is 5.56 Å². The van der Waals surface area contributed by atoms with Crippen molar-refractivity contribution in [2.45, 2.75) is 6.92 Å². The summed E-state index contributed by atoms with van der Waals surface area (Å²) in [6.07, 6.45) is 0. The van der Waals surface area contributed by atoms with Gasteiger partial charge in [-0.3, -0.25) is 9.36 Å². The lowest BCUT2D eigenvalue weighted by atomic mass is 10.2. The van der Waals surface area contributed by atoms with E-state index in [1.165, 1.54) is 12.1 Å². The number of fused-ring (bicyclic) bond motifs is 1. The zero-order chi connectivity index (χ0) is 19.0. The third-order valence-corrected chi connectivity index (χ3v) is 4.54. The highest BCUT2D eigenvalue weighted by molar-refractivity contribution is 6.31. The van der Waals surface area contributed by atoms with E-state index in [0.717, 1.165) is 10.9 Å². The summed E-state index contributed by atoms with van der Waals surface area (Å²) in [5.41, 5.74) is 2.17. The zero-order valence-corrected chi connectivity index (χ0v) is 15.3. The molecule has 1 heterocycles. The third kappa shape index (κ3) is 3.39. The second-order valence-corrected chi connectivity index (χ2v) is 6.71. The lowest BCUT2D eigenvalue weighted by molar-refractivity contribution is 0.411. The smallest absolute Gasteiger partial charge is 0.255 e. The van der Waals surface area contributed by atoms with E-state index in [-0.39, 0.29) is 17.1 Å². The van der Waals surface area contributed by atoms with Gasteiger partial charge in [0.05, 0.1) is 11.2 Å². The number of halogens is 1. The Balaban J connectivity index is 1.85. The van der Waals surface area contributed by atoms with Crippen molar-refractivity contribution in [1.29, 1.82) is 0 Å². The Bertz CT molecular complexity index is 1200. The normalized spacial score (nSPS) is 10.9. The zero-order valence-electron chi connectivity index (χ0n) is 14.5. The highest BCUT2D eigenvalue weighted by Crippen LogP contribution is 2.33. The van der Waals surface area contributed by atoms with Crippen LogP contribution in [-0.2, 0) is 0 Å². The van der Waals surface area contributed by atoms with E-state index in [0.29, 0.717) is 22.0 Å².